The second kappa shape index (κ2) is 21.9. The zero-order valence-corrected chi connectivity index (χ0v) is 14.9. The highest BCUT2D eigenvalue weighted by atomic mass is 16.3. The quantitative estimate of drug-likeness (QED) is 0.775. The minimum atomic E-state index is -0.250. The van der Waals surface area contributed by atoms with Crippen LogP contribution < -0.4 is 5.32 Å². The summed E-state index contributed by atoms with van der Waals surface area (Å²) in [5, 5.41) is 9.92. The molecule has 5 heteroatoms. The van der Waals surface area contributed by atoms with Crippen molar-refractivity contribution in [3.05, 3.63) is 0 Å². The Morgan fingerprint density at radius 3 is 1.95 bits per heavy atom. The Labute approximate surface area is 135 Å². The van der Waals surface area contributed by atoms with E-state index in [0.717, 1.165) is 31.1 Å². The van der Waals surface area contributed by atoms with Crippen LogP contribution in [-0.4, -0.2) is 30.3 Å². The first-order chi connectivity index (χ1) is 10.5. The monoisotopic (exact) mass is 317 g/mol. The molecule has 0 aliphatic heterocycles. The van der Waals surface area contributed by atoms with Crippen LogP contribution in [0.3, 0.4) is 0 Å². The Morgan fingerprint density at radius 2 is 1.59 bits per heavy atom. The standard InChI is InChI=1S/C12H23NO.C2H4O.C2H6.CH2O2/c1-3-4-12(14)13-9-11-7-5-10(2)6-8-11;1-2-3;1-2;2-1-3/h10-11H,3-9H2,1-2H3,(H,13,14);2H,1H3;1-2H3;1H,(H,2,3). The smallest absolute Gasteiger partial charge is 0.290 e. The Bertz CT molecular complexity index is 243. The van der Waals surface area contributed by atoms with Crippen LogP contribution in [0.5, 0.6) is 0 Å². The first-order valence-corrected chi connectivity index (χ1v) is 8.29. The van der Waals surface area contributed by atoms with Gasteiger partial charge in [0.1, 0.15) is 6.29 Å². The third-order valence-electron chi connectivity index (χ3n) is 3.20. The third-order valence-corrected chi connectivity index (χ3v) is 3.20. The molecule has 0 saturated heterocycles. The lowest BCUT2D eigenvalue weighted by atomic mass is 9.83. The molecule has 0 atom stereocenters. The van der Waals surface area contributed by atoms with Crippen molar-refractivity contribution in [2.75, 3.05) is 6.54 Å². The van der Waals surface area contributed by atoms with E-state index in [1.165, 1.54) is 32.6 Å². The fourth-order valence-electron chi connectivity index (χ4n) is 2.11. The molecule has 1 rings (SSSR count). The van der Waals surface area contributed by atoms with Crippen molar-refractivity contribution in [2.45, 2.75) is 73.1 Å². The summed E-state index contributed by atoms with van der Waals surface area (Å²) in [4.78, 5) is 28.4. The van der Waals surface area contributed by atoms with Crippen molar-refractivity contribution in [1.29, 1.82) is 0 Å². The van der Waals surface area contributed by atoms with Crippen LogP contribution in [0.4, 0.5) is 0 Å². The van der Waals surface area contributed by atoms with E-state index in [-0.39, 0.29) is 12.4 Å². The maximum atomic E-state index is 11.2. The Hall–Kier alpha value is -1.39. The lowest BCUT2D eigenvalue weighted by Crippen LogP contribution is -2.30. The SMILES string of the molecule is CC.CC=O.CCCC(=O)NCC1CCC(C)CC1.O=CO. The molecule has 1 aliphatic rings. The van der Waals surface area contributed by atoms with Crippen LogP contribution in [0.2, 0.25) is 0 Å². The molecule has 0 aromatic carbocycles. The minimum absolute atomic E-state index is 0.228. The van der Waals surface area contributed by atoms with Crippen molar-refractivity contribution in [3.8, 4) is 0 Å². The van der Waals surface area contributed by atoms with Crippen LogP contribution in [0.25, 0.3) is 0 Å². The van der Waals surface area contributed by atoms with Crippen molar-refractivity contribution >= 4 is 18.7 Å². The lowest BCUT2D eigenvalue weighted by Gasteiger charge is -2.26. The minimum Gasteiger partial charge on any atom is -0.483 e. The van der Waals surface area contributed by atoms with Crippen LogP contribution in [0.1, 0.15) is 73.1 Å². The molecule has 2 N–H and O–H groups in total. The first-order valence-electron chi connectivity index (χ1n) is 8.29. The van der Waals surface area contributed by atoms with E-state index < -0.39 is 0 Å². The molecule has 1 fully saturated rings. The predicted octanol–water partition coefficient (Wildman–Crippen LogP) is 3.66. The molecule has 0 aromatic heterocycles. The van der Waals surface area contributed by atoms with Gasteiger partial charge in [0.2, 0.25) is 5.91 Å². The second-order valence-corrected chi connectivity index (χ2v) is 5.02. The van der Waals surface area contributed by atoms with Crippen molar-refractivity contribution in [1.82, 2.24) is 5.32 Å². The van der Waals surface area contributed by atoms with Crippen LogP contribution in [-0.2, 0) is 14.4 Å². The fraction of sp³-hybridized carbons (Fsp3) is 0.824. The molecule has 22 heavy (non-hydrogen) atoms. The van der Waals surface area contributed by atoms with Crippen molar-refractivity contribution < 1.29 is 19.5 Å². The molecule has 5 nitrogen and oxygen atoms in total. The molecule has 1 amide bonds. The van der Waals surface area contributed by atoms with Gasteiger partial charge in [0.05, 0.1) is 0 Å². The highest BCUT2D eigenvalue weighted by molar-refractivity contribution is 5.75. The van der Waals surface area contributed by atoms with Gasteiger partial charge in [-0.05, 0) is 38.0 Å². The van der Waals surface area contributed by atoms with E-state index in [0.29, 0.717) is 6.42 Å². The summed E-state index contributed by atoms with van der Waals surface area (Å²) in [7, 11) is 0. The van der Waals surface area contributed by atoms with E-state index >= 15 is 0 Å². The third kappa shape index (κ3) is 20.9. The molecule has 0 heterocycles. The van der Waals surface area contributed by atoms with Gasteiger partial charge >= 0.3 is 0 Å². The highest BCUT2D eigenvalue weighted by Crippen LogP contribution is 2.27. The number of carboxylic acid groups (broad SMARTS) is 1. The predicted molar refractivity (Wildman–Crippen MR) is 90.8 cm³/mol. The van der Waals surface area contributed by atoms with E-state index in [2.05, 4.69) is 12.2 Å². The molecule has 0 bridgehead atoms. The van der Waals surface area contributed by atoms with Gasteiger partial charge in [-0.15, -0.1) is 0 Å². The molecule has 1 aliphatic carbocycles. The topological polar surface area (TPSA) is 83.5 Å². The Balaban J connectivity index is -0.000000382. The van der Waals surface area contributed by atoms with Crippen molar-refractivity contribution in [3.63, 3.8) is 0 Å². The van der Waals surface area contributed by atoms with Gasteiger partial charge in [0.15, 0.2) is 0 Å². The summed E-state index contributed by atoms with van der Waals surface area (Å²) in [5.74, 6) is 1.87. The average molecular weight is 317 g/mol. The van der Waals surface area contributed by atoms with Gasteiger partial charge in [-0.25, -0.2) is 0 Å². The largest absolute Gasteiger partial charge is 0.483 e. The maximum Gasteiger partial charge on any atom is 0.290 e. The number of aldehydes is 1. The molecule has 0 spiro atoms. The summed E-state index contributed by atoms with van der Waals surface area (Å²) in [5.41, 5.74) is 0. The van der Waals surface area contributed by atoms with Gasteiger partial charge in [0, 0.05) is 13.0 Å². The second-order valence-electron chi connectivity index (χ2n) is 5.02. The van der Waals surface area contributed by atoms with Gasteiger partial charge in [0.25, 0.3) is 6.47 Å². The number of nitrogens with one attached hydrogen (secondary N) is 1. The Kier molecular flexibility index (Phi) is 25.4. The number of hydrogen-bond donors (Lipinski definition) is 2. The molecule has 1 saturated carbocycles. The molecule has 132 valence electrons. The summed E-state index contributed by atoms with van der Waals surface area (Å²) in [6, 6.07) is 0. The van der Waals surface area contributed by atoms with Crippen molar-refractivity contribution in [2.24, 2.45) is 11.8 Å². The fourth-order valence-corrected chi connectivity index (χ4v) is 2.11. The number of amides is 1. The molecule has 0 unspecified atom stereocenters. The normalized spacial score (nSPS) is 18.8. The number of hydrogen-bond acceptors (Lipinski definition) is 3. The number of carbonyl (C=O) groups excluding carboxylic acids is 2. The molecular formula is C17H35NO4. The van der Waals surface area contributed by atoms with Crippen LogP contribution in [0.15, 0.2) is 0 Å². The first kappa shape index (κ1) is 25.6. The van der Waals surface area contributed by atoms with E-state index in [1.54, 1.807) is 0 Å². The lowest BCUT2D eigenvalue weighted by molar-refractivity contribution is -0.123. The van der Waals surface area contributed by atoms with Crippen LogP contribution >= 0.6 is 0 Å². The zero-order chi connectivity index (χ0) is 17.8. The van der Waals surface area contributed by atoms with E-state index in [9.17, 15) is 4.79 Å². The zero-order valence-electron chi connectivity index (χ0n) is 14.9. The van der Waals surface area contributed by atoms with Gasteiger partial charge in [-0.2, -0.15) is 0 Å². The van der Waals surface area contributed by atoms with E-state index in [4.69, 9.17) is 14.7 Å². The Morgan fingerprint density at radius 1 is 1.18 bits per heavy atom. The summed E-state index contributed by atoms with van der Waals surface area (Å²) in [6.45, 7) is 10.5. The molecular weight excluding hydrogens is 282 g/mol. The number of rotatable bonds is 4. The number of carbonyl (C=O) groups is 3. The summed E-state index contributed by atoms with van der Waals surface area (Å²) < 4.78 is 0. The van der Waals surface area contributed by atoms with Gasteiger partial charge in [-0.1, -0.05) is 40.5 Å². The highest BCUT2D eigenvalue weighted by Gasteiger charge is 2.18. The summed E-state index contributed by atoms with van der Waals surface area (Å²) in [6.07, 6.45) is 7.67. The average Bonchev–Trinajstić information content (AvgIpc) is 2.51. The summed E-state index contributed by atoms with van der Waals surface area (Å²) >= 11 is 0. The van der Waals surface area contributed by atoms with Gasteiger partial charge < -0.3 is 15.2 Å². The van der Waals surface area contributed by atoms with E-state index in [1.807, 2.05) is 20.8 Å². The molecule has 0 aromatic rings. The maximum absolute atomic E-state index is 11.2. The van der Waals surface area contributed by atoms with Gasteiger partial charge in [-0.3, -0.25) is 9.59 Å². The van der Waals surface area contributed by atoms with Crippen LogP contribution in [0, 0.1) is 11.8 Å². The molecule has 0 radical (unpaired) electrons.